The monoisotopic (exact) mass is 527 g/mol. The van der Waals surface area contributed by atoms with Crippen molar-refractivity contribution >= 4 is 38.4 Å². The first-order valence-corrected chi connectivity index (χ1v) is 14.0. The lowest BCUT2D eigenvalue weighted by molar-refractivity contribution is 0.0723. The fourth-order valence-electron chi connectivity index (χ4n) is 5.18. The van der Waals surface area contributed by atoms with Crippen LogP contribution in [0.4, 0.5) is 4.39 Å². The lowest BCUT2D eigenvalue weighted by Gasteiger charge is -2.22. The molecular formula is C25H23ClFN5O3S. The van der Waals surface area contributed by atoms with E-state index in [1.807, 2.05) is 12.1 Å². The van der Waals surface area contributed by atoms with E-state index in [0.717, 1.165) is 18.4 Å². The van der Waals surface area contributed by atoms with Crippen LogP contribution in [0.15, 0.2) is 48.5 Å². The van der Waals surface area contributed by atoms with Crippen molar-refractivity contribution in [2.75, 3.05) is 18.1 Å². The number of aromatic amines is 1. The summed E-state index contributed by atoms with van der Waals surface area (Å²) < 4.78 is 39.7. The predicted octanol–water partition coefficient (Wildman–Crippen LogP) is 4.56. The van der Waals surface area contributed by atoms with Crippen LogP contribution < -0.4 is 0 Å². The van der Waals surface area contributed by atoms with Crippen molar-refractivity contribution in [1.29, 1.82) is 0 Å². The summed E-state index contributed by atoms with van der Waals surface area (Å²) in [4.78, 5) is 23.2. The maximum absolute atomic E-state index is 13.7. The minimum absolute atomic E-state index is 0.00914. The molecule has 2 aromatic heterocycles. The number of rotatable bonds is 4. The summed E-state index contributed by atoms with van der Waals surface area (Å²) in [6.45, 7) is 0.538. The van der Waals surface area contributed by atoms with Crippen LogP contribution in [0.25, 0.3) is 22.3 Å². The topological polar surface area (TPSA) is 101 Å². The van der Waals surface area contributed by atoms with Crippen LogP contribution in [-0.2, 0) is 9.84 Å². The minimum atomic E-state index is -3.15. The largest absolute Gasteiger partial charge is 0.340 e. The Hall–Kier alpha value is -3.24. The van der Waals surface area contributed by atoms with Gasteiger partial charge in [-0.3, -0.25) is 9.48 Å². The molecule has 0 spiro atoms. The quantitative estimate of drug-likeness (QED) is 0.419. The highest BCUT2D eigenvalue weighted by Crippen LogP contribution is 2.35. The molecule has 1 amide bonds. The minimum Gasteiger partial charge on any atom is -0.340 e. The summed E-state index contributed by atoms with van der Waals surface area (Å²) in [6, 6.07) is 12.6. The molecule has 2 aromatic carbocycles. The zero-order valence-electron chi connectivity index (χ0n) is 19.2. The number of H-pyrrole nitrogens is 1. The predicted molar refractivity (Wildman–Crippen MR) is 134 cm³/mol. The number of benzene rings is 2. The Morgan fingerprint density at radius 2 is 1.92 bits per heavy atom. The number of likely N-dealkylation sites (tertiary alicyclic amines) is 1. The number of hydrogen-bond donors (Lipinski definition) is 1. The van der Waals surface area contributed by atoms with Gasteiger partial charge in [0, 0.05) is 11.6 Å². The molecule has 0 bridgehead atoms. The Morgan fingerprint density at radius 3 is 2.67 bits per heavy atom. The second kappa shape index (κ2) is 8.70. The standard InChI is InChI=1S/C25H23ClFN5O3S/c26-16-5-3-15(4-6-16)23-13-21(30-32(23)18-9-11-36(34,35)14-18)25(33)31-10-1-2-22(31)24-28-19-8-7-17(27)12-20(19)29-24/h3-8,12-13,18,22H,1-2,9-11,14H2,(H,28,29). The average Bonchev–Trinajstić information content (AvgIpc) is 3.63. The first-order valence-electron chi connectivity index (χ1n) is 11.8. The SMILES string of the molecule is O=C(c1cc(-c2ccc(Cl)cc2)n(C2CCS(=O)(=O)C2)n1)N1CCCC1c1nc2ccc(F)cc2[nH]1. The van der Waals surface area contributed by atoms with E-state index < -0.39 is 9.84 Å². The van der Waals surface area contributed by atoms with E-state index in [0.29, 0.717) is 40.5 Å². The molecule has 6 rings (SSSR count). The smallest absolute Gasteiger partial charge is 0.274 e. The number of nitrogens with one attached hydrogen (secondary N) is 1. The number of hydrogen-bond acceptors (Lipinski definition) is 5. The summed E-state index contributed by atoms with van der Waals surface area (Å²) in [6.07, 6.45) is 1.97. The highest BCUT2D eigenvalue weighted by Gasteiger charge is 2.36. The van der Waals surface area contributed by atoms with Gasteiger partial charge in [0.05, 0.1) is 40.3 Å². The van der Waals surface area contributed by atoms with E-state index in [9.17, 15) is 17.6 Å². The number of amides is 1. The van der Waals surface area contributed by atoms with Crippen molar-refractivity contribution < 1.29 is 17.6 Å². The van der Waals surface area contributed by atoms with Crippen LogP contribution >= 0.6 is 11.6 Å². The first kappa shape index (κ1) is 23.2. The normalized spacial score (nSPS) is 21.4. The number of aromatic nitrogens is 4. The van der Waals surface area contributed by atoms with E-state index in [1.165, 1.54) is 12.1 Å². The fourth-order valence-corrected chi connectivity index (χ4v) is 7.00. The molecule has 2 unspecified atom stereocenters. The third kappa shape index (κ3) is 4.18. The lowest BCUT2D eigenvalue weighted by Crippen LogP contribution is -2.31. The maximum atomic E-state index is 13.7. The molecule has 36 heavy (non-hydrogen) atoms. The molecule has 0 saturated carbocycles. The van der Waals surface area contributed by atoms with Gasteiger partial charge in [-0.15, -0.1) is 0 Å². The van der Waals surface area contributed by atoms with Gasteiger partial charge in [0.15, 0.2) is 15.5 Å². The molecule has 2 fully saturated rings. The van der Waals surface area contributed by atoms with Crippen molar-refractivity contribution in [1.82, 2.24) is 24.6 Å². The summed E-state index contributed by atoms with van der Waals surface area (Å²) in [5, 5.41) is 5.21. The van der Waals surface area contributed by atoms with Crippen molar-refractivity contribution in [3.8, 4) is 11.3 Å². The van der Waals surface area contributed by atoms with Gasteiger partial charge < -0.3 is 9.88 Å². The van der Waals surface area contributed by atoms with Crippen LogP contribution in [0.3, 0.4) is 0 Å². The summed E-state index contributed by atoms with van der Waals surface area (Å²) in [5.74, 6) is 0.0952. The molecular weight excluding hydrogens is 505 g/mol. The van der Waals surface area contributed by atoms with E-state index >= 15 is 0 Å². The van der Waals surface area contributed by atoms with Gasteiger partial charge in [-0.25, -0.2) is 17.8 Å². The van der Waals surface area contributed by atoms with Crippen LogP contribution in [0.1, 0.15) is 47.7 Å². The summed E-state index contributed by atoms with van der Waals surface area (Å²) in [7, 11) is -3.15. The van der Waals surface area contributed by atoms with E-state index in [1.54, 1.807) is 33.8 Å². The van der Waals surface area contributed by atoms with Crippen molar-refractivity contribution in [2.45, 2.75) is 31.3 Å². The highest BCUT2D eigenvalue weighted by atomic mass is 35.5. The van der Waals surface area contributed by atoms with E-state index in [-0.39, 0.29) is 41.0 Å². The molecule has 2 aliphatic rings. The molecule has 0 radical (unpaired) electrons. The molecule has 2 aliphatic heterocycles. The first-order chi connectivity index (χ1) is 17.3. The van der Waals surface area contributed by atoms with Gasteiger partial charge in [-0.1, -0.05) is 23.7 Å². The Bertz CT molecular complexity index is 1580. The lowest BCUT2D eigenvalue weighted by atomic mass is 10.1. The Morgan fingerprint density at radius 1 is 1.11 bits per heavy atom. The van der Waals surface area contributed by atoms with Crippen LogP contribution in [0.5, 0.6) is 0 Å². The number of fused-ring (bicyclic) bond motifs is 1. The molecule has 1 N–H and O–H groups in total. The van der Waals surface area contributed by atoms with Gasteiger partial charge in [0.1, 0.15) is 11.6 Å². The molecule has 2 saturated heterocycles. The summed E-state index contributed by atoms with van der Waals surface area (Å²) >= 11 is 6.07. The van der Waals surface area contributed by atoms with Crippen molar-refractivity contribution in [3.63, 3.8) is 0 Å². The van der Waals surface area contributed by atoms with Gasteiger partial charge in [0.25, 0.3) is 5.91 Å². The zero-order valence-corrected chi connectivity index (χ0v) is 20.8. The number of halogens is 2. The van der Waals surface area contributed by atoms with E-state index in [2.05, 4.69) is 15.1 Å². The number of carbonyl (C=O) groups is 1. The molecule has 8 nitrogen and oxygen atoms in total. The molecule has 2 atom stereocenters. The third-order valence-electron chi connectivity index (χ3n) is 6.94. The molecule has 4 aromatic rings. The van der Waals surface area contributed by atoms with Gasteiger partial charge in [-0.2, -0.15) is 5.10 Å². The number of nitrogens with zero attached hydrogens (tertiary/aromatic N) is 4. The van der Waals surface area contributed by atoms with Gasteiger partial charge >= 0.3 is 0 Å². The van der Waals surface area contributed by atoms with Crippen molar-refractivity contribution in [2.24, 2.45) is 0 Å². The number of sulfone groups is 1. The second-order valence-corrected chi connectivity index (χ2v) is 12.0. The molecule has 186 valence electrons. The zero-order chi connectivity index (χ0) is 25.0. The maximum Gasteiger partial charge on any atom is 0.274 e. The second-order valence-electron chi connectivity index (χ2n) is 9.36. The summed E-state index contributed by atoms with van der Waals surface area (Å²) in [5.41, 5.74) is 2.95. The Kier molecular flexibility index (Phi) is 5.60. The molecule has 11 heteroatoms. The molecule has 0 aliphatic carbocycles. The number of carbonyl (C=O) groups excluding carboxylic acids is 1. The van der Waals surface area contributed by atoms with Crippen LogP contribution in [-0.4, -0.2) is 57.0 Å². The van der Waals surface area contributed by atoms with Crippen molar-refractivity contribution in [3.05, 3.63) is 70.9 Å². The van der Waals surface area contributed by atoms with Gasteiger partial charge in [0.2, 0.25) is 0 Å². The van der Waals surface area contributed by atoms with E-state index in [4.69, 9.17) is 11.6 Å². The molecule has 4 heterocycles. The highest BCUT2D eigenvalue weighted by molar-refractivity contribution is 7.91. The van der Waals surface area contributed by atoms with Crippen LogP contribution in [0, 0.1) is 5.82 Å². The van der Waals surface area contributed by atoms with Gasteiger partial charge in [-0.05, 0) is 61.2 Å². The Labute approximate surface area is 212 Å². The fraction of sp³-hybridized carbons (Fsp3) is 0.320. The Balaban J connectivity index is 1.36. The third-order valence-corrected chi connectivity index (χ3v) is 8.94. The number of imidazole rings is 1. The average molecular weight is 528 g/mol. The van der Waals surface area contributed by atoms with Crippen LogP contribution in [0.2, 0.25) is 5.02 Å².